The molecule has 0 bridgehead atoms. The highest BCUT2D eigenvalue weighted by Crippen LogP contribution is 2.39. The van der Waals surface area contributed by atoms with Crippen molar-refractivity contribution >= 4 is 45.2 Å². The van der Waals surface area contributed by atoms with Gasteiger partial charge in [-0.05, 0) is 48.4 Å². The molecule has 0 saturated carbocycles. The number of amides is 1. The molecule has 2 aromatic rings. The van der Waals surface area contributed by atoms with E-state index in [-0.39, 0.29) is 11.7 Å². The Kier molecular flexibility index (Phi) is 9.06. The van der Waals surface area contributed by atoms with Crippen molar-refractivity contribution in [1.29, 1.82) is 0 Å². The first-order valence-corrected chi connectivity index (χ1v) is 12.0. The van der Waals surface area contributed by atoms with Crippen molar-refractivity contribution in [1.82, 2.24) is 4.90 Å². The smallest absolute Gasteiger partial charge is 0.318 e. The van der Waals surface area contributed by atoms with Crippen molar-refractivity contribution in [2.24, 2.45) is 11.8 Å². The van der Waals surface area contributed by atoms with E-state index >= 15 is 0 Å². The summed E-state index contributed by atoms with van der Waals surface area (Å²) in [5, 5.41) is 0.527. The molecule has 6 nitrogen and oxygen atoms in total. The van der Waals surface area contributed by atoms with Gasteiger partial charge in [-0.2, -0.15) is 0 Å². The number of carbonyl (C=O) groups is 3. The largest absolute Gasteiger partial charge is 0.468 e. The summed E-state index contributed by atoms with van der Waals surface area (Å²) in [5.41, 5.74) is 1.21. The topological polar surface area (TPSA) is 72.9 Å². The van der Waals surface area contributed by atoms with E-state index in [4.69, 9.17) is 21.1 Å². The van der Waals surface area contributed by atoms with Crippen LogP contribution in [0, 0.1) is 11.8 Å². The molecule has 0 unspecified atom stereocenters. The van der Waals surface area contributed by atoms with Gasteiger partial charge in [0.2, 0.25) is 5.91 Å². The van der Waals surface area contributed by atoms with Crippen LogP contribution in [0.25, 0.3) is 0 Å². The number of benzene rings is 2. The van der Waals surface area contributed by atoms with Gasteiger partial charge < -0.3 is 14.4 Å². The van der Waals surface area contributed by atoms with E-state index in [9.17, 15) is 14.4 Å². The SMILES string of the molecule is CC[C@@H](C(=O)c1ccc(Cl)cc1)[C@H](c1ccc(Br)cc1)[C@H](C(=O)OC)C(=O)N1CCOCC1. The van der Waals surface area contributed by atoms with Crippen LogP contribution in [0.2, 0.25) is 5.02 Å². The summed E-state index contributed by atoms with van der Waals surface area (Å²) in [4.78, 5) is 42.0. The van der Waals surface area contributed by atoms with Gasteiger partial charge in [0.25, 0.3) is 0 Å². The van der Waals surface area contributed by atoms with Gasteiger partial charge in [-0.3, -0.25) is 14.4 Å². The molecule has 8 heteroatoms. The van der Waals surface area contributed by atoms with Crippen molar-refractivity contribution in [2.75, 3.05) is 33.4 Å². The molecule has 176 valence electrons. The number of methoxy groups -OCH3 is 1. The Bertz CT molecular complexity index is 973. The Morgan fingerprint density at radius 1 is 1.06 bits per heavy atom. The van der Waals surface area contributed by atoms with Gasteiger partial charge in [-0.15, -0.1) is 0 Å². The van der Waals surface area contributed by atoms with Crippen molar-refractivity contribution in [2.45, 2.75) is 19.3 Å². The fourth-order valence-corrected chi connectivity index (χ4v) is 4.67. The maximum absolute atomic E-state index is 13.6. The Labute approximate surface area is 207 Å². The zero-order valence-electron chi connectivity index (χ0n) is 18.6. The van der Waals surface area contributed by atoms with E-state index in [2.05, 4.69) is 15.9 Å². The summed E-state index contributed by atoms with van der Waals surface area (Å²) in [6, 6.07) is 14.0. The first kappa shape index (κ1) is 25.4. The molecule has 3 atom stereocenters. The maximum Gasteiger partial charge on any atom is 0.318 e. The summed E-state index contributed by atoms with van der Waals surface area (Å²) in [6.07, 6.45) is 0.437. The van der Waals surface area contributed by atoms with E-state index in [1.165, 1.54) is 7.11 Å². The molecule has 0 radical (unpaired) electrons. The molecule has 0 spiro atoms. The number of hydrogen-bond donors (Lipinski definition) is 0. The van der Waals surface area contributed by atoms with Crippen molar-refractivity contribution in [3.63, 3.8) is 0 Å². The standard InChI is InChI=1S/C25H27BrClNO5/c1-3-20(23(29)17-6-10-19(27)11-7-17)21(16-4-8-18(26)9-5-16)22(25(31)32-2)24(30)28-12-14-33-15-13-28/h4-11,20-22H,3,12-15H2,1-2H3/t20-,21+,22+/m1/s1. The lowest BCUT2D eigenvalue weighted by Crippen LogP contribution is -2.49. The van der Waals surface area contributed by atoms with Crippen molar-refractivity contribution < 1.29 is 23.9 Å². The molecular weight excluding hydrogens is 510 g/mol. The normalized spacial score (nSPS) is 16.5. The van der Waals surface area contributed by atoms with Gasteiger partial charge in [0.05, 0.1) is 20.3 Å². The molecule has 33 heavy (non-hydrogen) atoms. The van der Waals surface area contributed by atoms with E-state index in [1.54, 1.807) is 29.2 Å². The number of rotatable bonds is 8. The van der Waals surface area contributed by atoms with Crippen molar-refractivity contribution in [3.05, 3.63) is 69.2 Å². The molecule has 0 N–H and O–H groups in total. The highest BCUT2D eigenvalue weighted by molar-refractivity contribution is 9.10. The second kappa shape index (κ2) is 11.8. The van der Waals surface area contributed by atoms with E-state index < -0.39 is 23.7 Å². The van der Waals surface area contributed by atoms with Gasteiger partial charge in [-0.25, -0.2) is 0 Å². The number of halogens is 2. The fraction of sp³-hybridized carbons (Fsp3) is 0.400. The molecule has 1 saturated heterocycles. The third-order valence-electron chi connectivity index (χ3n) is 6.00. The van der Waals surface area contributed by atoms with E-state index in [0.717, 1.165) is 10.0 Å². The lowest BCUT2D eigenvalue weighted by atomic mass is 9.72. The number of nitrogens with zero attached hydrogens (tertiary/aromatic N) is 1. The quantitative estimate of drug-likeness (QED) is 0.277. The Hall–Kier alpha value is -2.22. The minimum Gasteiger partial charge on any atom is -0.468 e. The maximum atomic E-state index is 13.6. The lowest BCUT2D eigenvalue weighted by molar-refractivity contribution is -0.157. The summed E-state index contributed by atoms with van der Waals surface area (Å²) in [5.74, 6) is -3.63. The summed E-state index contributed by atoms with van der Waals surface area (Å²) >= 11 is 9.44. The molecule has 1 heterocycles. The van der Waals surface area contributed by atoms with Crippen molar-refractivity contribution in [3.8, 4) is 0 Å². The second-order valence-corrected chi connectivity index (χ2v) is 9.25. The van der Waals surface area contributed by atoms with Gasteiger partial charge in [-0.1, -0.05) is 46.6 Å². The van der Waals surface area contributed by atoms with Gasteiger partial charge in [0.1, 0.15) is 5.92 Å². The fourth-order valence-electron chi connectivity index (χ4n) is 4.28. The number of ketones is 1. The minimum atomic E-state index is -1.16. The molecule has 0 aliphatic carbocycles. The van der Waals surface area contributed by atoms with E-state index in [0.29, 0.717) is 43.3 Å². The number of ether oxygens (including phenoxy) is 2. The monoisotopic (exact) mass is 535 g/mol. The summed E-state index contributed by atoms with van der Waals surface area (Å²) in [6.45, 7) is 3.48. The molecule has 1 aliphatic rings. The van der Waals surface area contributed by atoms with Gasteiger partial charge >= 0.3 is 5.97 Å². The van der Waals surface area contributed by atoms with Crippen LogP contribution >= 0.6 is 27.5 Å². The Morgan fingerprint density at radius 2 is 1.67 bits per heavy atom. The number of Topliss-reactive ketones (excluding diaryl/α,β-unsaturated/α-hetero) is 1. The molecule has 1 amide bonds. The van der Waals surface area contributed by atoms with Gasteiger partial charge in [0.15, 0.2) is 5.78 Å². The number of esters is 1. The number of carbonyl (C=O) groups excluding carboxylic acids is 3. The average molecular weight is 537 g/mol. The third kappa shape index (κ3) is 6.02. The third-order valence-corrected chi connectivity index (χ3v) is 6.78. The number of hydrogen-bond acceptors (Lipinski definition) is 5. The van der Waals surface area contributed by atoms with Crippen LogP contribution in [0.3, 0.4) is 0 Å². The molecule has 1 fully saturated rings. The van der Waals surface area contributed by atoms with Crippen LogP contribution in [0.5, 0.6) is 0 Å². The Balaban J connectivity index is 2.09. The molecule has 3 rings (SSSR count). The summed E-state index contributed by atoms with van der Waals surface area (Å²) < 4.78 is 11.3. The molecule has 0 aromatic heterocycles. The lowest BCUT2D eigenvalue weighted by Gasteiger charge is -2.35. The highest BCUT2D eigenvalue weighted by atomic mass is 79.9. The van der Waals surface area contributed by atoms with Crippen LogP contribution in [-0.2, 0) is 19.1 Å². The first-order valence-electron chi connectivity index (χ1n) is 10.9. The first-order chi connectivity index (χ1) is 15.9. The van der Waals surface area contributed by atoms with Crippen LogP contribution in [0.1, 0.15) is 35.2 Å². The van der Waals surface area contributed by atoms with Crippen LogP contribution in [0.4, 0.5) is 0 Å². The molecule has 2 aromatic carbocycles. The predicted octanol–water partition coefficient (Wildman–Crippen LogP) is 4.74. The van der Waals surface area contributed by atoms with Crippen LogP contribution in [0.15, 0.2) is 53.0 Å². The van der Waals surface area contributed by atoms with Crippen LogP contribution in [-0.4, -0.2) is 56.0 Å². The molecule has 1 aliphatic heterocycles. The van der Waals surface area contributed by atoms with Gasteiger partial charge in [0, 0.05) is 40.0 Å². The number of morpholine rings is 1. The molecular formula is C25H27BrClNO5. The van der Waals surface area contributed by atoms with E-state index in [1.807, 2.05) is 31.2 Å². The highest BCUT2D eigenvalue weighted by Gasteiger charge is 2.45. The predicted molar refractivity (Wildman–Crippen MR) is 129 cm³/mol. The summed E-state index contributed by atoms with van der Waals surface area (Å²) in [7, 11) is 1.27. The zero-order chi connectivity index (χ0) is 24.0. The van der Waals surface area contributed by atoms with Crippen LogP contribution < -0.4 is 0 Å². The average Bonchev–Trinajstić information content (AvgIpc) is 2.84. The minimum absolute atomic E-state index is 0.147. The Morgan fingerprint density at radius 3 is 2.21 bits per heavy atom. The zero-order valence-corrected chi connectivity index (χ0v) is 21.0. The second-order valence-electron chi connectivity index (χ2n) is 7.90.